The minimum absolute atomic E-state index is 0.0158. The molecule has 26 heavy (non-hydrogen) atoms. The van der Waals surface area contributed by atoms with Crippen molar-refractivity contribution >= 4 is 34.4 Å². The molecule has 1 aliphatic rings. The highest BCUT2D eigenvalue weighted by Crippen LogP contribution is 2.30. The fraction of sp³-hybridized carbons (Fsp3) is 0.444. The maximum absolute atomic E-state index is 12.6. The number of aromatic nitrogens is 2. The lowest BCUT2D eigenvalue weighted by molar-refractivity contribution is -0.117. The third-order valence-corrected chi connectivity index (χ3v) is 5.40. The summed E-state index contributed by atoms with van der Waals surface area (Å²) in [5.41, 5.74) is 7.30. The number of nitrogens with one attached hydrogen (secondary N) is 2. The van der Waals surface area contributed by atoms with Gasteiger partial charge < -0.3 is 26.0 Å². The molecule has 0 saturated heterocycles. The third kappa shape index (κ3) is 4.38. The molecule has 140 valence electrons. The van der Waals surface area contributed by atoms with Crippen molar-refractivity contribution in [2.45, 2.75) is 31.9 Å². The summed E-state index contributed by atoms with van der Waals surface area (Å²) in [4.78, 5) is 22.8. The van der Waals surface area contributed by atoms with Gasteiger partial charge in [0.2, 0.25) is 0 Å². The lowest BCUT2D eigenvalue weighted by atomic mass is 10.1. The van der Waals surface area contributed by atoms with Crippen LogP contribution in [-0.4, -0.2) is 52.0 Å². The van der Waals surface area contributed by atoms with Crippen LogP contribution in [0.2, 0.25) is 0 Å². The highest BCUT2D eigenvalue weighted by Gasteiger charge is 2.21. The molecular weight excluding hydrogens is 350 g/mol. The molecule has 2 aromatic heterocycles. The summed E-state index contributed by atoms with van der Waals surface area (Å²) >= 11 is 1.56. The number of hydrogen-bond acceptors (Lipinski definition) is 6. The molecule has 7 nitrogen and oxygen atoms in total. The molecule has 0 radical (unpaired) electrons. The predicted octanol–water partition coefficient (Wildman–Crippen LogP) is 1.56. The average Bonchev–Trinajstić information content (AvgIpc) is 3.15. The number of aromatic amines is 1. The minimum Gasteiger partial charge on any atom is -0.392 e. The van der Waals surface area contributed by atoms with Gasteiger partial charge in [0.05, 0.1) is 16.7 Å². The molecule has 1 aliphatic heterocycles. The topological polar surface area (TPSA) is 107 Å². The zero-order valence-electron chi connectivity index (χ0n) is 14.8. The lowest BCUT2D eigenvalue weighted by Gasteiger charge is -2.27. The van der Waals surface area contributed by atoms with Gasteiger partial charge >= 0.3 is 0 Å². The van der Waals surface area contributed by atoms with Crippen LogP contribution < -0.4 is 16.0 Å². The number of anilines is 1. The van der Waals surface area contributed by atoms with Crippen molar-refractivity contribution in [3.63, 3.8) is 0 Å². The first kappa shape index (κ1) is 18.8. The van der Waals surface area contributed by atoms with Crippen molar-refractivity contribution in [2.75, 3.05) is 23.7 Å². The maximum Gasteiger partial charge on any atom is 0.259 e. The van der Waals surface area contributed by atoms with Crippen molar-refractivity contribution in [1.82, 2.24) is 15.3 Å². The van der Waals surface area contributed by atoms with E-state index in [4.69, 9.17) is 5.73 Å². The van der Waals surface area contributed by atoms with Crippen molar-refractivity contribution in [3.05, 3.63) is 35.6 Å². The van der Waals surface area contributed by atoms with E-state index < -0.39 is 6.10 Å². The number of hydrogen-bond donors (Lipinski definition) is 4. The Hall–Kier alpha value is -2.03. The standard InChI is InChI=1S/C18H25N5O2S/c1-12(2-3-13(24)10-19)22-18(25)16-11-23(8-9-26-16)15-5-7-21-17-14(15)4-6-20-17/h4-7,11-13,24H,2-3,8-10,19H2,1H3,(H,20,21)(H,22,25). The molecule has 0 bridgehead atoms. The van der Waals surface area contributed by atoms with Crippen LogP contribution in [0.1, 0.15) is 19.8 Å². The van der Waals surface area contributed by atoms with E-state index in [1.165, 1.54) is 0 Å². The molecule has 2 atom stereocenters. The van der Waals surface area contributed by atoms with Crippen LogP contribution in [-0.2, 0) is 4.79 Å². The van der Waals surface area contributed by atoms with Gasteiger partial charge in [-0.2, -0.15) is 0 Å². The molecule has 0 aromatic carbocycles. The molecular formula is C18H25N5O2S. The number of thioether (sulfide) groups is 1. The van der Waals surface area contributed by atoms with Crippen LogP contribution in [0, 0.1) is 0 Å². The second-order valence-corrected chi connectivity index (χ2v) is 7.58. The molecule has 2 unspecified atom stereocenters. The number of nitrogens with two attached hydrogens (primary N) is 1. The van der Waals surface area contributed by atoms with E-state index in [1.807, 2.05) is 31.5 Å². The fourth-order valence-corrected chi connectivity index (χ4v) is 3.84. The Morgan fingerprint density at radius 3 is 3.15 bits per heavy atom. The zero-order valence-corrected chi connectivity index (χ0v) is 15.6. The number of carbonyl (C=O) groups excluding carboxylic acids is 1. The number of aliphatic hydroxyl groups excluding tert-OH is 1. The van der Waals surface area contributed by atoms with Crippen molar-refractivity contribution in [3.8, 4) is 0 Å². The number of aliphatic hydroxyl groups is 1. The molecule has 8 heteroatoms. The first-order valence-corrected chi connectivity index (χ1v) is 9.79. The molecule has 0 fully saturated rings. The van der Waals surface area contributed by atoms with E-state index in [0.717, 1.165) is 29.0 Å². The molecule has 3 rings (SSSR count). The summed E-state index contributed by atoms with van der Waals surface area (Å²) in [6.45, 7) is 3.03. The second kappa shape index (κ2) is 8.57. The van der Waals surface area contributed by atoms with Crippen molar-refractivity contribution in [2.24, 2.45) is 5.73 Å². The van der Waals surface area contributed by atoms with E-state index in [1.54, 1.807) is 18.0 Å². The number of carbonyl (C=O) groups is 1. The lowest BCUT2D eigenvalue weighted by Crippen LogP contribution is -2.36. The SMILES string of the molecule is CC(CCC(O)CN)NC(=O)C1=CN(c2ccnc3[nH]ccc23)CCS1. The largest absolute Gasteiger partial charge is 0.392 e. The monoisotopic (exact) mass is 375 g/mol. The smallest absolute Gasteiger partial charge is 0.259 e. The molecule has 1 amide bonds. The van der Waals surface area contributed by atoms with Crippen LogP contribution >= 0.6 is 11.8 Å². The van der Waals surface area contributed by atoms with Crippen LogP contribution in [0.5, 0.6) is 0 Å². The summed E-state index contributed by atoms with van der Waals surface area (Å²) in [6, 6.07) is 3.95. The van der Waals surface area contributed by atoms with Gasteiger partial charge in [-0.3, -0.25) is 4.79 Å². The van der Waals surface area contributed by atoms with Gasteiger partial charge in [0.25, 0.3) is 5.91 Å². The number of rotatable bonds is 7. The molecule has 2 aromatic rings. The molecule has 0 aliphatic carbocycles. The second-order valence-electron chi connectivity index (χ2n) is 6.45. The van der Waals surface area contributed by atoms with Crippen molar-refractivity contribution < 1.29 is 9.90 Å². The van der Waals surface area contributed by atoms with Gasteiger partial charge in [-0.25, -0.2) is 4.98 Å². The van der Waals surface area contributed by atoms with Gasteiger partial charge in [-0.15, -0.1) is 11.8 Å². The quantitative estimate of drug-likeness (QED) is 0.585. The van der Waals surface area contributed by atoms with E-state index in [-0.39, 0.29) is 18.5 Å². The Morgan fingerprint density at radius 1 is 1.50 bits per heavy atom. The number of amides is 1. The number of fused-ring (bicyclic) bond motifs is 1. The molecule has 3 heterocycles. The van der Waals surface area contributed by atoms with Crippen LogP contribution in [0.4, 0.5) is 5.69 Å². The normalized spacial score (nSPS) is 17.0. The molecule has 0 saturated carbocycles. The predicted molar refractivity (Wildman–Crippen MR) is 106 cm³/mol. The highest BCUT2D eigenvalue weighted by molar-refractivity contribution is 8.04. The highest BCUT2D eigenvalue weighted by atomic mass is 32.2. The average molecular weight is 375 g/mol. The Kier molecular flexibility index (Phi) is 6.18. The Bertz CT molecular complexity index is 791. The summed E-state index contributed by atoms with van der Waals surface area (Å²) in [5.74, 6) is 0.766. The minimum atomic E-state index is -0.511. The van der Waals surface area contributed by atoms with E-state index in [2.05, 4.69) is 20.2 Å². The maximum atomic E-state index is 12.6. The van der Waals surface area contributed by atoms with Gasteiger partial charge in [0.1, 0.15) is 5.65 Å². The first-order valence-electron chi connectivity index (χ1n) is 8.81. The van der Waals surface area contributed by atoms with E-state index >= 15 is 0 Å². The fourth-order valence-electron chi connectivity index (χ4n) is 2.94. The van der Waals surface area contributed by atoms with Crippen molar-refractivity contribution in [1.29, 1.82) is 0 Å². The Balaban J connectivity index is 1.68. The first-order chi connectivity index (χ1) is 12.6. The van der Waals surface area contributed by atoms with Crippen LogP contribution in [0.25, 0.3) is 11.0 Å². The van der Waals surface area contributed by atoms with E-state index in [0.29, 0.717) is 17.7 Å². The van der Waals surface area contributed by atoms with Gasteiger partial charge in [-0.05, 0) is 31.9 Å². The van der Waals surface area contributed by atoms with Crippen LogP contribution in [0.15, 0.2) is 35.6 Å². The Morgan fingerprint density at radius 2 is 2.35 bits per heavy atom. The van der Waals surface area contributed by atoms with Gasteiger partial charge in [0, 0.05) is 48.9 Å². The summed E-state index contributed by atoms with van der Waals surface area (Å²) in [6.07, 6.45) is 6.32. The number of pyridine rings is 1. The van der Waals surface area contributed by atoms with Gasteiger partial charge in [0.15, 0.2) is 0 Å². The third-order valence-electron chi connectivity index (χ3n) is 4.42. The summed E-state index contributed by atoms with van der Waals surface area (Å²) in [5, 5.41) is 13.6. The number of H-pyrrole nitrogens is 1. The van der Waals surface area contributed by atoms with Crippen LogP contribution in [0.3, 0.4) is 0 Å². The molecule has 0 spiro atoms. The summed E-state index contributed by atoms with van der Waals surface area (Å²) < 4.78 is 0. The Labute approximate surface area is 157 Å². The molecule has 5 N–H and O–H groups in total. The summed E-state index contributed by atoms with van der Waals surface area (Å²) in [7, 11) is 0. The van der Waals surface area contributed by atoms with E-state index in [9.17, 15) is 9.90 Å². The zero-order chi connectivity index (χ0) is 18.5. The number of nitrogens with zero attached hydrogens (tertiary/aromatic N) is 2. The van der Waals surface area contributed by atoms with Gasteiger partial charge in [-0.1, -0.05) is 0 Å².